The van der Waals surface area contributed by atoms with E-state index in [-0.39, 0.29) is 5.92 Å². The molecule has 1 atom stereocenters. The lowest BCUT2D eigenvalue weighted by molar-refractivity contribution is -0.144. The first-order chi connectivity index (χ1) is 8.02. The van der Waals surface area contributed by atoms with Crippen LogP contribution in [0.5, 0.6) is 0 Å². The predicted octanol–water partition coefficient (Wildman–Crippen LogP) is 0.784. The summed E-state index contributed by atoms with van der Waals surface area (Å²) >= 11 is 0. The SMILES string of the molecule is CC(NC(=O)Nc1cn[nH]c1)(C(=O)O)C1CC1. The van der Waals surface area contributed by atoms with E-state index in [4.69, 9.17) is 5.11 Å². The van der Waals surface area contributed by atoms with Gasteiger partial charge in [-0.25, -0.2) is 9.59 Å². The smallest absolute Gasteiger partial charge is 0.329 e. The van der Waals surface area contributed by atoms with Crippen molar-refractivity contribution in [1.29, 1.82) is 0 Å². The number of carbonyl (C=O) groups excluding carboxylic acids is 1. The van der Waals surface area contributed by atoms with E-state index in [1.165, 1.54) is 19.3 Å². The number of anilines is 1. The minimum Gasteiger partial charge on any atom is -0.480 e. The molecule has 2 rings (SSSR count). The van der Waals surface area contributed by atoms with Crippen LogP contribution in [0.15, 0.2) is 12.4 Å². The molecular formula is C10H14N4O3. The summed E-state index contributed by atoms with van der Waals surface area (Å²) in [5, 5.41) is 20.4. The maximum atomic E-state index is 11.6. The highest BCUT2D eigenvalue weighted by molar-refractivity contribution is 5.93. The average molecular weight is 238 g/mol. The van der Waals surface area contributed by atoms with Crippen molar-refractivity contribution in [1.82, 2.24) is 15.5 Å². The van der Waals surface area contributed by atoms with E-state index >= 15 is 0 Å². The Bertz CT molecular complexity index is 427. The first-order valence-corrected chi connectivity index (χ1v) is 5.33. The first-order valence-electron chi connectivity index (χ1n) is 5.33. The number of carbonyl (C=O) groups is 2. The third-order valence-corrected chi connectivity index (χ3v) is 2.97. The number of urea groups is 1. The van der Waals surface area contributed by atoms with Gasteiger partial charge in [-0.3, -0.25) is 5.10 Å². The molecule has 0 aliphatic heterocycles. The fourth-order valence-electron chi connectivity index (χ4n) is 1.71. The number of amides is 2. The molecule has 0 spiro atoms. The number of aromatic nitrogens is 2. The predicted molar refractivity (Wildman–Crippen MR) is 59.5 cm³/mol. The second-order valence-electron chi connectivity index (χ2n) is 4.35. The molecule has 4 N–H and O–H groups in total. The molecule has 1 aliphatic carbocycles. The summed E-state index contributed by atoms with van der Waals surface area (Å²) in [5.41, 5.74) is -0.709. The van der Waals surface area contributed by atoms with Crippen LogP contribution in [0.25, 0.3) is 0 Å². The van der Waals surface area contributed by atoms with Crippen LogP contribution in [-0.4, -0.2) is 32.8 Å². The molecule has 2 amide bonds. The van der Waals surface area contributed by atoms with Crippen LogP contribution < -0.4 is 10.6 Å². The highest BCUT2D eigenvalue weighted by Crippen LogP contribution is 2.39. The lowest BCUT2D eigenvalue weighted by Gasteiger charge is -2.25. The highest BCUT2D eigenvalue weighted by atomic mass is 16.4. The van der Waals surface area contributed by atoms with Gasteiger partial charge in [-0.2, -0.15) is 5.10 Å². The number of carboxylic acids is 1. The molecule has 92 valence electrons. The van der Waals surface area contributed by atoms with Crippen LogP contribution >= 0.6 is 0 Å². The van der Waals surface area contributed by atoms with E-state index in [1.54, 1.807) is 0 Å². The van der Waals surface area contributed by atoms with Gasteiger partial charge in [0, 0.05) is 6.20 Å². The van der Waals surface area contributed by atoms with Gasteiger partial charge in [0.2, 0.25) is 0 Å². The van der Waals surface area contributed by atoms with Gasteiger partial charge in [0.1, 0.15) is 5.54 Å². The Kier molecular flexibility index (Phi) is 2.74. The summed E-state index contributed by atoms with van der Waals surface area (Å²) < 4.78 is 0. The number of nitrogens with zero attached hydrogens (tertiary/aromatic N) is 1. The van der Waals surface area contributed by atoms with Crippen molar-refractivity contribution in [2.24, 2.45) is 5.92 Å². The zero-order valence-electron chi connectivity index (χ0n) is 9.36. The largest absolute Gasteiger partial charge is 0.480 e. The molecule has 0 radical (unpaired) electrons. The van der Waals surface area contributed by atoms with E-state index in [9.17, 15) is 9.59 Å². The van der Waals surface area contributed by atoms with Gasteiger partial charge in [0.15, 0.2) is 0 Å². The number of nitrogens with one attached hydrogen (secondary N) is 3. The van der Waals surface area contributed by atoms with Crippen molar-refractivity contribution in [2.45, 2.75) is 25.3 Å². The lowest BCUT2D eigenvalue weighted by Crippen LogP contribution is -2.55. The Hall–Kier alpha value is -2.05. The summed E-state index contributed by atoms with van der Waals surface area (Å²) in [6, 6.07) is -0.539. The molecule has 1 aromatic rings. The number of H-pyrrole nitrogens is 1. The lowest BCUT2D eigenvalue weighted by atomic mass is 9.96. The van der Waals surface area contributed by atoms with Gasteiger partial charge in [-0.05, 0) is 25.7 Å². The van der Waals surface area contributed by atoms with Gasteiger partial charge >= 0.3 is 12.0 Å². The van der Waals surface area contributed by atoms with Crippen molar-refractivity contribution in [3.63, 3.8) is 0 Å². The topological polar surface area (TPSA) is 107 Å². The van der Waals surface area contributed by atoms with Crippen LogP contribution in [0.3, 0.4) is 0 Å². The molecule has 7 nitrogen and oxygen atoms in total. The monoisotopic (exact) mass is 238 g/mol. The molecule has 17 heavy (non-hydrogen) atoms. The van der Waals surface area contributed by atoms with Gasteiger partial charge in [-0.15, -0.1) is 0 Å². The van der Waals surface area contributed by atoms with Crippen molar-refractivity contribution >= 4 is 17.7 Å². The summed E-state index contributed by atoms with van der Waals surface area (Å²) in [7, 11) is 0. The van der Waals surface area contributed by atoms with E-state index in [1.807, 2.05) is 0 Å². The Morgan fingerprint density at radius 1 is 1.59 bits per heavy atom. The number of aliphatic carboxylic acids is 1. The molecule has 1 fully saturated rings. The Morgan fingerprint density at radius 2 is 2.29 bits per heavy atom. The molecule has 1 aliphatic rings. The van der Waals surface area contributed by atoms with Crippen LogP contribution in [-0.2, 0) is 4.79 Å². The van der Waals surface area contributed by atoms with E-state index in [2.05, 4.69) is 20.8 Å². The van der Waals surface area contributed by atoms with Crippen LogP contribution in [0.4, 0.5) is 10.5 Å². The average Bonchev–Trinajstić information content (AvgIpc) is 2.99. The number of hydrogen-bond donors (Lipinski definition) is 4. The van der Waals surface area contributed by atoms with Crippen LogP contribution in [0.1, 0.15) is 19.8 Å². The number of aromatic amines is 1. The van der Waals surface area contributed by atoms with Crippen molar-refractivity contribution in [3.05, 3.63) is 12.4 Å². The molecule has 7 heteroatoms. The minimum absolute atomic E-state index is 0.00935. The van der Waals surface area contributed by atoms with Crippen molar-refractivity contribution in [3.8, 4) is 0 Å². The Labute approximate surface area is 97.6 Å². The highest BCUT2D eigenvalue weighted by Gasteiger charge is 2.48. The fraction of sp³-hybridized carbons (Fsp3) is 0.500. The van der Waals surface area contributed by atoms with Crippen LogP contribution in [0, 0.1) is 5.92 Å². The summed E-state index contributed by atoms with van der Waals surface area (Å²) in [5.74, 6) is -1.00. The van der Waals surface area contributed by atoms with Gasteiger partial charge in [-0.1, -0.05) is 0 Å². The number of hydrogen-bond acceptors (Lipinski definition) is 3. The van der Waals surface area contributed by atoms with Crippen molar-refractivity contribution in [2.75, 3.05) is 5.32 Å². The van der Waals surface area contributed by atoms with E-state index in [0.29, 0.717) is 5.69 Å². The molecule has 0 bridgehead atoms. The molecule has 0 aromatic carbocycles. The van der Waals surface area contributed by atoms with E-state index < -0.39 is 17.5 Å². The maximum absolute atomic E-state index is 11.6. The second-order valence-corrected chi connectivity index (χ2v) is 4.35. The maximum Gasteiger partial charge on any atom is 0.329 e. The van der Waals surface area contributed by atoms with E-state index in [0.717, 1.165) is 12.8 Å². The quantitative estimate of drug-likeness (QED) is 0.621. The third kappa shape index (κ3) is 2.38. The first kappa shape index (κ1) is 11.4. The zero-order chi connectivity index (χ0) is 12.5. The molecular weight excluding hydrogens is 224 g/mol. The van der Waals surface area contributed by atoms with Gasteiger partial charge < -0.3 is 15.7 Å². The summed E-state index contributed by atoms with van der Waals surface area (Å²) in [6.45, 7) is 1.53. The number of rotatable bonds is 4. The summed E-state index contributed by atoms with van der Waals surface area (Å²) in [4.78, 5) is 22.8. The molecule has 0 saturated heterocycles. The second kappa shape index (κ2) is 4.08. The molecule has 1 unspecified atom stereocenters. The molecule has 1 saturated carbocycles. The summed E-state index contributed by atoms with van der Waals surface area (Å²) in [6.07, 6.45) is 4.60. The fourth-order valence-corrected chi connectivity index (χ4v) is 1.71. The molecule has 1 aromatic heterocycles. The minimum atomic E-state index is -1.20. The molecule has 1 heterocycles. The zero-order valence-corrected chi connectivity index (χ0v) is 9.36. The van der Waals surface area contributed by atoms with Gasteiger partial charge in [0.05, 0.1) is 11.9 Å². The normalized spacial score (nSPS) is 18.2. The van der Waals surface area contributed by atoms with Crippen molar-refractivity contribution < 1.29 is 14.7 Å². The van der Waals surface area contributed by atoms with Crippen LogP contribution in [0.2, 0.25) is 0 Å². The third-order valence-electron chi connectivity index (χ3n) is 2.97. The Morgan fingerprint density at radius 3 is 2.76 bits per heavy atom. The van der Waals surface area contributed by atoms with Gasteiger partial charge in [0.25, 0.3) is 0 Å². The Balaban J connectivity index is 1.99. The number of carboxylic acid groups (broad SMARTS) is 1. The standard InChI is InChI=1S/C10H14N4O3/c1-10(8(15)16,6-2-3-6)14-9(17)13-7-4-11-12-5-7/h4-6H,2-3H2,1H3,(H,11,12)(H,15,16)(H2,13,14,17).